The van der Waals surface area contributed by atoms with Crippen LogP contribution in [0, 0.1) is 0 Å². The van der Waals surface area contributed by atoms with E-state index in [1.165, 1.54) is 14.2 Å². The van der Waals surface area contributed by atoms with Crippen LogP contribution < -0.4 is 9.47 Å². The minimum absolute atomic E-state index is 0.249. The maximum absolute atomic E-state index is 10.1. The van der Waals surface area contributed by atoms with E-state index in [1.54, 1.807) is 18.3 Å². The number of carbonyl (C=O) groups is 1. The first-order valence-corrected chi connectivity index (χ1v) is 4.37. The van der Waals surface area contributed by atoms with Crippen LogP contribution in [0.2, 0.25) is 0 Å². The molecule has 0 amide bonds. The lowest BCUT2D eigenvalue weighted by atomic mass is 10.3. The van der Waals surface area contributed by atoms with Crippen LogP contribution in [0.1, 0.15) is 12.0 Å². The van der Waals surface area contributed by atoms with Crippen molar-refractivity contribution in [3.8, 4) is 11.9 Å². The number of aldehydes is 1. The number of hydrogen-bond donors (Lipinski definition) is 0. The SMILES string of the molecule is COc1ncc(C=CCC=O)c(OC)n1. The second kappa shape index (κ2) is 5.74. The summed E-state index contributed by atoms with van der Waals surface area (Å²) in [5.74, 6) is 0.420. The van der Waals surface area contributed by atoms with Crippen molar-refractivity contribution in [1.82, 2.24) is 9.97 Å². The highest BCUT2D eigenvalue weighted by Gasteiger charge is 2.04. The molecule has 5 nitrogen and oxygen atoms in total. The van der Waals surface area contributed by atoms with Crippen molar-refractivity contribution in [2.45, 2.75) is 6.42 Å². The first kappa shape index (κ1) is 11.2. The van der Waals surface area contributed by atoms with Gasteiger partial charge in [-0.3, -0.25) is 0 Å². The van der Waals surface area contributed by atoms with Gasteiger partial charge in [-0.05, 0) is 0 Å². The van der Waals surface area contributed by atoms with Crippen LogP contribution in [0.5, 0.6) is 11.9 Å². The summed E-state index contributed by atoms with van der Waals surface area (Å²) >= 11 is 0. The monoisotopic (exact) mass is 208 g/mol. The van der Waals surface area contributed by atoms with Crippen molar-refractivity contribution in [3.05, 3.63) is 17.8 Å². The highest BCUT2D eigenvalue weighted by Crippen LogP contribution is 2.18. The Morgan fingerprint density at radius 3 is 2.80 bits per heavy atom. The Balaban J connectivity index is 2.91. The molecule has 1 heterocycles. The standard InChI is InChI=1S/C10H12N2O3/c1-14-9-8(5-3-4-6-13)7-11-10(12-9)15-2/h3,5-7H,4H2,1-2H3. The fourth-order valence-electron chi connectivity index (χ4n) is 0.987. The predicted octanol–water partition coefficient (Wildman–Crippen LogP) is 1.10. The number of rotatable bonds is 5. The second-order valence-corrected chi connectivity index (χ2v) is 2.63. The van der Waals surface area contributed by atoms with Gasteiger partial charge in [0.05, 0.1) is 19.8 Å². The molecule has 1 aromatic rings. The zero-order valence-electron chi connectivity index (χ0n) is 8.64. The lowest BCUT2D eigenvalue weighted by molar-refractivity contribution is -0.107. The van der Waals surface area contributed by atoms with Gasteiger partial charge in [-0.15, -0.1) is 0 Å². The number of ether oxygens (including phenoxy) is 2. The minimum Gasteiger partial charge on any atom is -0.480 e. The Hall–Kier alpha value is -1.91. The Morgan fingerprint density at radius 1 is 1.40 bits per heavy atom. The Kier molecular flexibility index (Phi) is 4.28. The van der Waals surface area contributed by atoms with Crippen molar-refractivity contribution in [1.29, 1.82) is 0 Å². The summed E-state index contributed by atoms with van der Waals surface area (Å²) in [6, 6.07) is 0.249. The van der Waals surface area contributed by atoms with Crippen molar-refractivity contribution >= 4 is 12.4 Å². The number of aromatic nitrogens is 2. The van der Waals surface area contributed by atoms with Crippen LogP contribution in [0.3, 0.4) is 0 Å². The Labute approximate surface area is 87.8 Å². The van der Waals surface area contributed by atoms with Crippen molar-refractivity contribution in [3.63, 3.8) is 0 Å². The molecule has 0 aliphatic rings. The molecule has 0 radical (unpaired) electrons. The molecule has 1 rings (SSSR count). The van der Waals surface area contributed by atoms with E-state index in [0.717, 1.165) is 6.29 Å². The maximum atomic E-state index is 10.1. The third kappa shape index (κ3) is 3.05. The zero-order valence-corrected chi connectivity index (χ0v) is 8.64. The normalized spacial score (nSPS) is 10.3. The maximum Gasteiger partial charge on any atom is 0.319 e. The predicted molar refractivity (Wildman–Crippen MR) is 54.9 cm³/mol. The van der Waals surface area contributed by atoms with Crippen LogP contribution in [0.25, 0.3) is 6.08 Å². The smallest absolute Gasteiger partial charge is 0.319 e. The number of methoxy groups -OCH3 is 2. The van der Waals surface area contributed by atoms with Gasteiger partial charge in [0.25, 0.3) is 0 Å². The van der Waals surface area contributed by atoms with Crippen LogP contribution in [0.15, 0.2) is 12.3 Å². The van der Waals surface area contributed by atoms with E-state index < -0.39 is 0 Å². The van der Waals surface area contributed by atoms with Gasteiger partial charge >= 0.3 is 6.01 Å². The number of allylic oxidation sites excluding steroid dienone is 1. The number of hydrogen-bond acceptors (Lipinski definition) is 5. The molecular weight excluding hydrogens is 196 g/mol. The Bertz CT molecular complexity index is 364. The van der Waals surface area contributed by atoms with Crippen LogP contribution in [-0.2, 0) is 4.79 Å². The van der Waals surface area contributed by atoms with Crippen LogP contribution >= 0.6 is 0 Å². The van der Waals surface area contributed by atoms with Gasteiger partial charge < -0.3 is 14.3 Å². The van der Waals surface area contributed by atoms with Gasteiger partial charge in [-0.1, -0.05) is 12.2 Å². The van der Waals surface area contributed by atoms with Gasteiger partial charge in [-0.2, -0.15) is 4.98 Å². The quantitative estimate of drug-likeness (QED) is 0.678. The van der Waals surface area contributed by atoms with Crippen molar-refractivity contribution in [2.75, 3.05) is 14.2 Å². The molecule has 0 unspecified atom stereocenters. The number of carbonyl (C=O) groups excluding carboxylic acids is 1. The zero-order chi connectivity index (χ0) is 11.1. The fraction of sp³-hybridized carbons (Fsp3) is 0.300. The largest absolute Gasteiger partial charge is 0.480 e. The Morgan fingerprint density at radius 2 is 2.20 bits per heavy atom. The first-order valence-electron chi connectivity index (χ1n) is 4.37. The molecule has 0 bridgehead atoms. The van der Waals surface area contributed by atoms with E-state index in [-0.39, 0.29) is 6.01 Å². The fourth-order valence-corrected chi connectivity index (χ4v) is 0.987. The number of nitrogens with zero attached hydrogens (tertiary/aromatic N) is 2. The third-order valence-electron chi connectivity index (χ3n) is 1.66. The average Bonchev–Trinajstić information content (AvgIpc) is 2.29. The molecule has 0 atom stereocenters. The minimum atomic E-state index is 0.249. The van der Waals surface area contributed by atoms with E-state index in [1.807, 2.05) is 0 Å². The summed E-state index contributed by atoms with van der Waals surface area (Å²) in [7, 11) is 3.00. The molecule has 5 heteroatoms. The molecule has 0 aliphatic carbocycles. The highest BCUT2D eigenvalue weighted by atomic mass is 16.5. The topological polar surface area (TPSA) is 61.3 Å². The van der Waals surface area contributed by atoms with Gasteiger partial charge in [0, 0.05) is 12.6 Å². The molecule has 0 aromatic carbocycles. The van der Waals surface area contributed by atoms with Crippen LogP contribution in [0.4, 0.5) is 0 Å². The summed E-state index contributed by atoms with van der Waals surface area (Å²) in [6.45, 7) is 0. The van der Waals surface area contributed by atoms with E-state index in [0.29, 0.717) is 17.9 Å². The highest BCUT2D eigenvalue weighted by molar-refractivity contribution is 5.59. The summed E-state index contributed by atoms with van der Waals surface area (Å²) in [4.78, 5) is 18.0. The molecule has 80 valence electrons. The van der Waals surface area contributed by atoms with E-state index in [9.17, 15) is 4.79 Å². The molecule has 15 heavy (non-hydrogen) atoms. The van der Waals surface area contributed by atoms with Crippen molar-refractivity contribution in [2.24, 2.45) is 0 Å². The van der Waals surface area contributed by atoms with Gasteiger partial charge in [-0.25, -0.2) is 4.98 Å². The molecule has 0 aliphatic heterocycles. The third-order valence-corrected chi connectivity index (χ3v) is 1.66. The molecule has 0 N–H and O–H groups in total. The molecule has 0 fully saturated rings. The average molecular weight is 208 g/mol. The summed E-state index contributed by atoms with van der Waals surface area (Å²) in [5, 5.41) is 0. The molecule has 1 aromatic heterocycles. The van der Waals surface area contributed by atoms with Crippen LogP contribution in [-0.4, -0.2) is 30.5 Å². The van der Waals surface area contributed by atoms with E-state index >= 15 is 0 Å². The molecule has 0 saturated heterocycles. The van der Waals surface area contributed by atoms with Gasteiger partial charge in [0.2, 0.25) is 5.88 Å². The van der Waals surface area contributed by atoms with E-state index in [4.69, 9.17) is 9.47 Å². The van der Waals surface area contributed by atoms with Gasteiger partial charge in [0.15, 0.2) is 0 Å². The second-order valence-electron chi connectivity index (χ2n) is 2.63. The van der Waals surface area contributed by atoms with E-state index in [2.05, 4.69) is 9.97 Å². The first-order chi connectivity index (χ1) is 7.31. The molecular formula is C10H12N2O3. The van der Waals surface area contributed by atoms with Gasteiger partial charge in [0.1, 0.15) is 6.29 Å². The summed E-state index contributed by atoms with van der Waals surface area (Å²) in [6.07, 6.45) is 6.18. The lowest BCUT2D eigenvalue weighted by Crippen LogP contribution is -1.97. The lowest BCUT2D eigenvalue weighted by Gasteiger charge is -2.04. The summed E-state index contributed by atoms with van der Waals surface area (Å²) < 4.78 is 9.90. The molecule has 0 saturated carbocycles. The molecule has 0 spiro atoms. The van der Waals surface area contributed by atoms with Crippen molar-refractivity contribution < 1.29 is 14.3 Å². The summed E-state index contributed by atoms with van der Waals surface area (Å²) in [5.41, 5.74) is 0.708.